The normalized spacial score (nSPS) is 10.7. The predicted octanol–water partition coefficient (Wildman–Crippen LogP) is 5.98. The number of halogens is 1. The maximum absolute atomic E-state index is 12.4. The molecule has 0 aliphatic carbocycles. The molecule has 0 spiro atoms. The number of carbonyl (C=O) groups excluding carboxylic acids is 1. The van der Waals surface area contributed by atoms with Crippen molar-refractivity contribution in [3.63, 3.8) is 0 Å². The van der Waals surface area contributed by atoms with Gasteiger partial charge in [0.15, 0.2) is 5.16 Å². The Morgan fingerprint density at radius 1 is 0.933 bits per heavy atom. The van der Waals surface area contributed by atoms with Gasteiger partial charge in [-0.25, -0.2) is 4.98 Å². The second-order valence-electron chi connectivity index (χ2n) is 6.73. The van der Waals surface area contributed by atoms with Gasteiger partial charge < -0.3 is 9.88 Å². The Morgan fingerprint density at radius 3 is 2.30 bits per heavy atom. The van der Waals surface area contributed by atoms with Gasteiger partial charge in [0.05, 0.1) is 11.4 Å². The number of anilines is 1. The number of hydrogen-bond donors (Lipinski definition) is 1. The Balaban J connectivity index is 1.50. The van der Waals surface area contributed by atoms with Crippen LogP contribution in [0.4, 0.5) is 5.69 Å². The SMILES string of the molecule is O=C(CSc1nc(-c2ccccc2)cn1Cc1ccccc1)Nc1ccc(Cl)cc1. The monoisotopic (exact) mass is 433 g/mol. The first-order valence-corrected chi connectivity index (χ1v) is 10.9. The van der Waals surface area contributed by atoms with Crippen LogP contribution in [0.3, 0.4) is 0 Å². The Bertz CT molecular complexity index is 1110. The molecule has 4 aromatic rings. The van der Waals surface area contributed by atoms with Crippen molar-refractivity contribution in [1.29, 1.82) is 0 Å². The smallest absolute Gasteiger partial charge is 0.234 e. The Kier molecular flexibility index (Phi) is 6.52. The molecule has 1 amide bonds. The van der Waals surface area contributed by atoms with E-state index < -0.39 is 0 Å². The van der Waals surface area contributed by atoms with Gasteiger partial charge in [0, 0.05) is 29.0 Å². The van der Waals surface area contributed by atoms with Crippen LogP contribution in [0.5, 0.6) is 0 Å². The van der Waals surface area contributed by atoms with Crippen LogP contribution in [0.1, 0.15) is 5.56 Å². The summed E-state index contributed by atoms with van der Waals surface area (Å²) in [6, 6.07) is 27.4. The molecule has 1 aromatic heterocycles. The minimum absolute atomic E-state index is 0.0853. The van der Waals surface area contributed by atoms with Crippen LogP contribution in [-0.2, 0) is 11.3 Å². The molecule has 0 aliphatic heterocycles. The number of nitrogens with one attached hydrogen (secondary N) is 1. The molecule has 0 radical (unpaired) electrons. The zero-order valence-electron chi connectivity index (χ0n) is 16.2. The lowest BCUT2D eigenvalue weighted by atomic mass is 10.2. The van der Waals surface area contributed by atoms with Crippen LogP contribution in [-0.4, -0.2) is 21.2 Å². The topological polar surface area (TPSA) is 46.9 Å². The highest BCUT2D eigenvalue weighted by molar-refractivity contribution is 7.99. The van der Waals surface area contributed by atoms with Gasteiger partial charge in [0.1, 0.15) is 0 Å². The molecule has 0 unspecified atom stereocenters. The van der Waals surface area contributed by atoms with Gasteiger partial charge in [0.2, 0.25) is 5.91 Å². The molecule has 150 valence electrons. The Labute approximate surface area is 184 Å². The maximum atomic E-state index is 12.4. The summed E-state index contributed by atoms with van der Waals surface area (Å²) in [7, 11) is 0. The third-order valence-corrected chi connectivity index (χ3v) is 5.71. The highest BCUT2D eigenvalue weighted by Gasteiger charge is 2.13. The van der Waals surface area contributed by atoms with Crippen molar-refractivity contribution in [1.82, 2.24) is 9.55 Å². The van der Waals surface area contributed by atoms with Crippen LogP contribution in [0, 0.1) is 0 Å². The number of amides is 1. The quantitative estimate of drug-likeness (QED) is 0.364. The first-order valence-electron chi connectivity index (χ1n) is 9.52. The van der Waals surface area contributed by atoms with Gasteiger partial charge in [-0.3, -0.25) is 4.79 Å². The number of aromatic nitrogens is 2. The van der Waals surface area contributed by atoms with E-state index in [-0.39, 0.29) is 11.7 Å². The van der Waals surface area contributed by atoms with Crippen molar-refractivity contribution in [2.75, 3.05) is 11.1 Å². The van der Waals surface area contributed by atoms with E-state index in [1.807, 2.05) is 54.7 Å². The second kappa shape index (κ2) is 9.65. The van der Waals surface area contributed by atoms with E-state index in [0.717, 1.165) is 22.1 Å². The minimum Gasteiger partial charge on any atom is -0.325 e. The molecule has 0 atom stereocenters. The summed E-state index contributed by atoms with van der Waals surface area (Å²) in [5.74, 6) is 0.181. The van der Waals surface area contributed by atoms with Crippen LogP contribution in [0.15, 0.2) is 96.3 Å². The number of benzene rings is 3. The molecule has 0 saturated heterocycles. The minimum atomic E-state index is -0.0853. The van der Waals surface area contributed by atoms with Gasteiger partial charge in [-0.1, -0.05) is 84.0 Å². The van der Waals surface area contributed by atoms with Gasteiger partial charge in [-0.15, -0.1) is 0 Å². The summed E-state index contributed by atoms with van der Waals surface area (Å²) < 4.78 is 2.10. The molecule has 1 heterocycles. The number of imidazole rings is 1. The third-order valence-electron chi connectivity index (χ3n) is 4.47. The summed E-state index contributed by atoms with van der Waals surface area (Å²) in [5.41, 5.74) is 3.86. The van der Waals surface area contributed by atoms with Crippen molar-refractivity contribution in [2.45, 2.75) is 11.7 Å². The van der Waals surface area contributed by atoms with E-state index in [0.29, 0.717) is 11.6 Å². The van der Waals surface area contributed by atoms with Crippen LogP contribution < -0.4 is 5.32 Å². The first-order chi connectivity index (χ1) is 14.7. The zero-order chi connectivity index (χ0) is 20.8. The van der Waals surface area contributed by atoms with E-state index in [1.165, 1.54) is 17.3 Å². The molecule has 1 N–H and O–H groups in total. The molecule has 0 aliphatic rings. The van der Waals surface area contributed by atoms with E-state index in [9.17, 15) is 4.79 Å². The lowest BCUT2D eigenvalue weighted by Crippen LogP contribution is -2.14. The standard InChI is InChI=1S/C24H20ClN3OS/c25-20-11-13-21(14-12-20)26-23(29)17-30-24-27-22(19-9-5-2-6-10-19)16-28(24)15-18-7-3-1-4-8-18/h1-14,16H,15,17H2,(H,26,29). The number of nitrogens with zero attached hydrogens (tertiary/aromatic N) is 2. The molecular formula is C24H20ClN3OS. The van der Waals surface area contributed by atoms with Gasteiger partial charge >= 0.3 is 0 Å². The Hall–Kier alpha value is -3.02. The van der Waals surface area contributed by atoms with E-state index in [2.05, 4.69) is 22.0 Å². The number of rotatable bonds is 7. The van der Waals surface area contributed by atoms with Crippen molar-refractivity contribution >= 4 is 35.0 Å². The van der Waals surface area contributed by atoms with Crippen LogP contribution in [0.2, 0.25) is 5.02 Å². The molecule has 0 fully saturated rings. The highest BCUT2D eigenvalue weighted by Crippen LogP contribution is 2.25. The lowest BCUT2D eigenvalue weighted by molar-refractivity contribution is -0.113. The molecule has 4 nitrogen and oxygen atoms in total. The van der Waals surface area contributed by atoms with Gasteiger partial charge in [0.25, 0.3) is 0 Å². The van der Waals surface area contributed by atoms with Crippen molar-refractivity contribution in [3.8, 4) is 11.3 Å². The first kappa shape index (κ1) is 20.3. The largest absolute Gasteiger partial charge is 0.325 e. The van der Waals surface area contributed by atoms with E-state index in [4.69, 9.17) is 16.6 Å². The number of carbonyl (C=O) groups is 1. The average molecular weight is 434 g/mol. The van der Waals surface area contributed by atoms with Gasteiger partial charge in [-0.2, -0.15) is 0 Å². The summed E-state index contributed by atoms with van der Waals surface area (Å²) in [5, 5.41) is 4.34. The van der Waals surface area contributed by atoms with Crippen molar-refractivity contribution < 1.29 is 4.79 Å². The molecule has 6 heteroatoms. The predicted molar refractivity (Wildman–Crippen MR) is 124 cm³/mol. The lowest BCUT2D eigenvalue weighted by Gasteiger charge is -2.08. The van der Waals surface area contributed by atoms with Crippen LogP contribution in [0.25, 0.3) is 11.3 Å². The summed E-state index contributed by atoms with van der Waals surface area (Å²) in [4.78, 5) is 17.2. The fraction of sp³-hybridized carbons (Fsp3) is 0.0833. The van der Waals surface area contributed by atoms with E-state index in [1.54, 1.807) is 24.3 Å². The molecule has 0 bridgehead atoms. The molecule has 0 saturated carbocycles. The van der Waals surface area contributed by atoms with Crippen molar-refractivity contribution in [3.05, 3.63) is 102 Å². The summed E-state index contributed by atoms with van der Waals surface area (Å²) >= 11 is 7.32. The van der Waals surface area contributed by atoms with Gasteiger partial charge in [-0.05, 0) is 29.8 Å². The van der Waals surface area contributed by atoms with E-state index >= 15 is 0 Å². The fourth-order valence-corrected chi connectivity index (χ4v) is 3.92. The van der Waals surface area contributed by atoms with Crippen LogP contribution >= 0.6 is 23.4 Å². The highest BCUT2D eigenvalue weighted by atomic mass is 35.5. The molecule has 3 aromatic carbocycles. The molecule has 30 heavy (non-hydrogen) atoms. The summed E-state index contributed by atoms with van der Waals surface area (Å²) in [6.07, 6.45) is 2.04. The molecule has 4 rings (SSSR count). The fourth-order valence-electron chi connectivity index (χ4n) is 3.02. The average Bonchev–Trinajstić information content (AvgIpc) is 3.18. The number of thioether (sulfide) groups is 1. The summed E-state index contributed by atoms with van der Waals surface area (Å²) in [6.45, 7) is 0.696. The molecular weight excluding hydrogens is 414 g/mol. The maximum Gasteiger partial charge on any atom is 0.234 e. The zero-order valence-corrected chi connectivity index (χ0v) is 17.7. The Morgan fingerprint density at radius 2 is 1.60 bits per heavy atom. The number of hydrogen-bond acceptors (Lipinski definition) is 3. The third kappa shape index (κ3) is 5.32. The van der Waals surface area contributed by atoms with Crippen molar-refractivity contribution in [2.24, 2.45) is 0 Å². The second-order valence-corrected chi connectivity index (χ2v) is 8.11.